The maximum absolute atomic E-state index is 17.6. The van der Waals surface area contributed by atoms with Crippen molar-refractivity contribution in [2.75, 3.05) is 44.2 Å². The molecule has 4 aromatic rings. The molecule has 0 saturated carbocycles. The van der Waals surface area contributed by atoms with E-state index in [4.69, 9.17) is 19.4 Å². The van der Waals surface area contributed by atoms with Crippen molar-refractivity contribution in [2.24, 2.45) is 0 Å². The SMILES string of the molecule is CC(C)[Si](C#Cc1cccc2cccc(-c3ccc4c(N5CCN(C(=O)OC(C)(C)C)[C@@H](CC#N)C5)nc(OCC56CCCN5C[C@H](F)C6)nc4c3F)c12)(C(C)C)C(C)C. The topological polar surface area (TPSA) is 94.8 Å². The van der Waals surface area contributed by atoms with Crippen LogP contribution >= 0.6 is 0 Å². The fourth-order valence-electron chi connectivity index (χ4n) is 10.5. The van der Waals surface area contributed by atoms with E-state index in [0.29, 0.717) is 58.5 Å². The van der Waals surface area contributed by atoms with E-state index in [-0.39, 0.29) is 37.6 Å². The number of benzene rings is 3. The first-order chi connectivity index (χ1) is 28.5. The number of piperazine rings is 1. The molecule has 0 bridgehead atoms. The van der Waals surface area contributed by atoms with Gasteiger partial charge in [-0.1, -0.05) is 83.9 Å². The van der Waals surface area contributed by atoms with Gasteiger partial charge in [0.05, 0.1) is 24.1 Å². The number of alkyl halides is 1. The van der Waals surface area contributed by atoms with Gasteiger partial charge in [-0.2, -0.15) is 15.2 Å². The molecular formula is C48H60F2N6O3Si. The van der Waals surface area contributed by atoms with Crippen molar-refractivity contribution >= 4 is 41.7 Å². The third-order valence-electron chi connectivity index (χ3n) is 13.2. The first-order valence-electron chi connectivity index (χ1n) is 21.7. The van der Waals surface area contributed by atoms with Gasteiger partial charge in [0.25, 0.3) is 0 Å². The second-order valence-electron chi connectivity index (χ2n) is 19.0. The lowest BCUT2D eigenvalue weighted by atomic mass is 9.93. The van der Waals surface area contributed by atoms with Crippen LogP contribution in [0.5, 0.6) is 6.01 Å². The van der Waals surface area contributed by atoms with Gasteiger partial charge in [-0.25, -0.2) is 13.6 Å². The number of nitrogens with zero attached hydrogens (tertiary/aromatic N) is 6. The summed E-state index contributed by atoms with van der Waals surface area (Å²) in [6, 6.07) is 17.4. The number of ether oxygens (including phenoxy) is 2. The zero-order valence-corrected chi connectivity index (χ0v) is 37.7. The summed E-state index contributed by atoms with van der Waals surface area (Å²) >= 11 is 0. The van der Waals surface area contributed by atoms with Crippen LogP contribution < -0.4 is 9.64 Å². The molecule has 60 heavy (non-hydrogen) atoms. The van der Waals surface area contributed by atoms with E-state index in [1.54, 1.807) is 11.0 Å². The number of fused-ring (bicyclic) bond motifs is 3. The lowest BCUT2D eigenvalue weighted by Crippen LogP contribution is -2.56. The summed E-state index contributed by atoms with van der Waals surface area (Å²) in [5, 5.41) is 12.2. The Balaban J connectivity index is 1.35. The van der Waals surface area contributed by atoms with Gasteiger partial charge in [0, 0.05) is 54.5 Å². The van der Waals surface area contributed by atoms with Crippen molar-refractivity contribution in [1.82, 2.24) is 19.8 Å². The monoisotopic (exact) mass is 834 g/mol. The molecule has 9 nitrogen and oxygen atoms in total. The van der Waals surface area contributed by atoms with Gasteiger partial charge in [-0.15, -0.1) is 5.54 Å². The molecule has 7 rings (SSSR count). The van der Waals surface area contributed by atoms with Gasteiger partial charge in [0.1, 0.15) is 37.8 Å². The Morgan fingerprint density at radius 2 is 1.68 bits per heavy atom. The highest BCUT2D eigenvalue weighted by Crippen LogP contribution is 2.43. The molecule has 3 aliphatic rings. The predicted molar refractivity (Wildman–Crippen MR) is 238 cm³/mol. The third kappa shape index (κ3) is 8.18. The van der Waals surface area contributed by atoms with Crippen molar-refractivity contribution in [3.8, 4) is 34.7 Å². The molecule has 3 fully saturated rings. The number of hydrogen-bond donors (Lipinski definition) is 0. The number of anilines is 1. The number of nitriles is 1. The Morgan fingerprint density at radius 3 is 2.37 bits per heavy atom. The zero-order valence-electron chi connectivity index (χ0n) is 36.7. The highest BCUT2D eigenvalue weighted by atomic mass is 28.3. The molecule has 1 unspecified atom stereocenters. The summed E-state index contributed by atoms with van der Waals surface area (Å²) < 4.78 is 44.5. The molecule has 12 heteroatoms. The molecule has 3 aromatic carbocycles. The third-order valence-corrected chi connectivity index (χ3v) is 19.5. The van der Waals surface area contributed by atoms with Crippen LogP contribution in [0.25, 0.3) is 32.8 Å². The summed E-state index contributed by atoms with van der Waals surface area (Å²) in [5.74, 6) is 3.58. The van der Waals surface area contributed by atoms with Crippen LogP contribution in [-0.4, -0.2) is 96.6 Å². The number of rotatable bonds is 9. The number of amides is 1. The lowest BCUT2D eigenvalue weighted by molar-refractivity contribution is 0.0145. The molecule has 1 amide bonds. The van der Waals surface area contributed by atoms with Crippen LogP contribution in [0.2, 0.25) is 16.6 Å². The minimum atomic E-state index is -2.07. The largest absolute Gasteiger partial charge is 0.461 e. The normalized spacial score (nSPS) is 21.1. The summed E-state index contributed by atoms with van der Waals surface area (Å²) in [5.41, 5.74) is 6.15. The minimum Gasteiger partial charge on any atom is -0.461 e. The second kappa shape index (κ2) is 16.9. The molecule has 0 spiro atoms. The first-order valence-corrected chi connectivity index (χ1v) is 23.9. The van der Waals surface area contributed by atoms with Gasteiger partial charge >= 0.3 is 12.1 Å². The number of aromatic nitrogens is 2. The second-order valence-corrected chi connectivity index (χ2v) is 24.6. The summed E-state index contributed by atoms with van der Waals surface area (Å²) in [6.07, 6.45) is 0.780. The smallest absolute Gasteiger partial charge is 0.410 e. The highest BCUT2D eigenvalue weighted by Gasteiger charge is 2.49. The molecule has 318 valence electrons. The van der Waals surface area contributed by atoms with Gasteiger partial charge in [0.2, 0.25) is 0 Å². The highest BCUT2D eigenvalue weighted by molar-refractivity contribution is 6.90. The van der Waals surface area contributed by atoms with E-state index < -0.39 is 43.3 Å². The van der Waals surface area contributed by atoms with Crippen molar-refractivity contribution in [1.29, 1.82) is 5.26 Å². The lowest BCUT2D eigenvalue weighted by Gasteiger charge is -2.41. The Hall–Kier alpha value is -4.78. The van der Waals surface area contributed by atoms with Crippen molar-refractivity contribution < 1.29 is 23.0 Å². The molecule has 3 atom stereocenters. The molecule has 0 aliphatic carbocycles. The maximum Gasteiger partial charge on any atom is 0.410 e. The van der Waals surface area contributed by atoms with Crippen LogP contribution in [0, 0.1) is 28.6 Å². The molecule has 4 heterocycles. The van der Waals surface area contributed by atoms with Crippen LogP contribution in [-0.2, 0) is 4.74 Å². The van der Waals surface area contributed by atoms with E-state index in [9.17, 15) is 14.4 Å². The molecule has 3 saturated heterocycles. The van der Waals surface area contributed by atoms with Gasteiger partial charge in [0.15, 0.2) is 5.82 Å². The minimum absolute atomic E-state index is 0.00492. The fraction of sp³-hybridized carbons (Fsp3) is 0.542. The molecule has 3 aliphatic heterocycles. The van der Waals surface area contributed by atoms with Crippen molar-refractivity contribution in [2.45, 2.75) is 128 Å². The Morgan fingerprint density at radius 1 is 0.967 bits per heavy atom. The molecule has 0 radical (unpaired) electrons. The van der Waals surface area contributed by atoms with E-state index >= 15 is 4.39 Å². The van der Waals surface area contributed by atoms with Crippen molar-refractivity contribution in [3.05, 3.63) is 59.9 Å². The Labute approximate surface area is 355 Å². The quantitative estimate of drug-likeness (QED) is 0.122. The zero-order chi connectivity index (χ0) is 43.1. The van der Waals surface area contributed by atoms with Gasteiger partial charge in [-0.3, -0.25) is 4.90 Å². The molecule has 1 aromatic heterocycles. The van der Waals surface area contributed by atoms with Crippen LogP contribution in [0.15, 0.2) is 48.5 Å². The van der Waals surface area contributed by atoms with E-state index in [0.717, 1.165) is 35.7 Å². The Bertz CT molecular complexity index is 2340. The van der Waals surface area contributed by atoms with Gasteiger partial charge < -0.3 is 19.3 Å². The Kier molecular flexibility index (Phi) is 12.2. The number of halogens is 2. The molecular weight excluding hydrogens is 775 g/mol. The van der Waals surface area contributed by atoms with Crippen LogP contribution in [0.3, 0.4) is 0 Å². The van der Waals surface area contributed by atoms with Crippen LogP contribution in [0.1, 0.15) is 93.6 Å². The summed E-state index contributed by atoms with van der Waals surface area (Å²) in [6.45, 7) is 21.5. The number of hydrogen-bond acceptors (Lipinski definition) is 8. The molecule has 0 N–H and O–H groups in total. The number of carbonyl (C=O) groups excluding carboxylic acids is 1. The first kappa shape index (κ1) is 43.3. The average molecular weight is 835 g/mol. The maximum atomic E-state index is 17.6. The summed E-state index contributed by atoms with van der Waals surface area (Å²) in [7, 11) is -2.07. The fourth-order valence-corrected chi connectivity index (χ4v) is 15.7. The number of carbonyl (C=O) groups is 1. The van der Waals surface area contributed by atoms with E-state index in [1.165, 1.54) is 0 Å². The summed E-state index contributed by atoms with van der Waals surface area (Å²) in [4.78, 5) is 28.7. The van der Waals surface area contributed by atoms with Gasteiger partial charge in [-0.05, 0) is 79.9 Å². The van der Waals surface area contributed by atoms with E-state index in [1.807, 2.05) is 68.1 Å². The van der Waals surface area contributed by atoms with Crippen LogP contribution in [0.4, 0.5) is 19.4 Å². The average Bonchev–Trinajstić information content (AvgIpc) is 3.71. The van der Waals surface area contributed by atoms with Crippen molar-refractivity contribution in [3.63, 3.8) is 0 Å². The van der Waals surface area contributed by atoms with E-state index in [2.05, 4.69) is 64.0 Å². The predicted octanol–water partition coefficient (Wildman–Crippen LogP) is 10.5. The standard InChI is InChI=1S/C48H60F2N6O3Si/c1-31(2)60(32(3)4,33(5)6)26-20-35-14-10-13-34-15-11-16-38(41(34)35)39-17-18-40-43(42(39)50)52-45(58-30-48-21-12-23-55(48)28-36(49)27-48)53-44(40)54-24-25-56(37(29-54)19-22-51)46(57)59-47(7,8)9/h10-11,13-18,31-33,36-37H,12,19,21,23-25,27-30H2,1-9H3/t36-,37+,48?/m1/s1.